The van der Waals surface area contributed by atoms with Crippen LogP contribution in [0.2, 0.25) is 0 Å². The van der Waals surface area contributed by atoms with Crippen LogP contribution < -0.4 is 11.3 Å². The molecular weight excluding hydrogens is 260 g/mol. The number of hydrogen-bond donors (Lipinski definition) is 3. The fraction of sp³-hybridized carbons (Fsp3) is 0.0714. The first-order valence-electron chi connectivity index (χ1n) is 5.72. The highest BCUT2D eigenvalue weighted by atomic mass is 32.2. The Labute approximate surface area is 115 Å². The fourth-order valence-corrected chi connectivity index (χ4v) is 2.67. The summed E-state index contributed by atoms with van der Waals surface area (Å²) in [6, 6.07) is 16.1. The second-order valence-electron chi connectivity index (χ2n) is 3.91. The molecule has 1 amide bonds. The zero-order valence-corrected chi connectivity index (χ0v) is 10.9. The van der Waals surface area contributed by atoms with Gasteiger partial charge in [-0.1, -0.05) is 30.3 Å². The van der Waals surface area contributed by atoms with Gasteiger partial charge in [-0.2, -0.15) is 0 Å². The van der Waals surface area contributed by atoms with Gasteiger partial charge in [-0.3, -0.25) is 10.2 Å². The van der Waals surface area contributed by atoms with Crippen molar-refractivity contribution in [1.82, 2.24) is 5.43 Å². The Morgan fingerprint density at radius 1 is 1.11 bits per heavy atom. The molecule has 0 bridgehead atoms. The van der Waals surface area contributed by atoms with Gasteiger partial charge in [0.2, 0.25) is 0 Å². The molecule has 1 atom stereocenters. The van der Waals surface area contributed by atoms with Crippen molar-refractivity contribution in [2.24, 2.45) is 5.84 Å². The van der Waals surface area contributed by atoms with Gasteiger partial charge < -0.3 is 5.11 Å². The average molecular weight is 274 g/mol. The molecular formula is C14H14N2O2S. The monoisotopic (exact) mass is 274 g/mol. The van der Waals surface area contributed by atoms with E-state index in [0.717, 1.165) is 10.5 Å². The largest absolute Gasteiger partial charge is 0.508 e. The standard InChI is InChI=1S/C14H14N2O2S/c15-16-14(18)13(10-4-2-1-3-5-10)19-12-8-6-11(17)7-9-12/h1-9,13,17H,15H2,(H,16,18). The number of rotatable bonds is 4. The number of carbonyl (C=O) groups excluding carboxylic acids is 1. The number of nitrogens with one attached hydrogen (secondary N) is 1. The van der Waals surface area contributed by atoms with Crippen molar-refractivity contribution < 1.29 is 9.90 Å². The lowest BCUT2D eigenvalue weighted by atomic mass is 10.1. The maximum absolute atomic E-state index is 11.9. The molecule has 2 rings (SSSR count). The van der Waals surface area contributed by atoms with Crippen LogP contribution in [0.1, 0.15) is 10.8 Å². The SMILES string of the molecule is NNC(=O)C(Sc1ccc(O)cc1)c1ccccc1. The average Bonchev–Trinajstić information content (AvgIpc) is 2.47. The van der Waals surface area contributed by atoms with Crippen LogP contribution in [0.25, 0.3) is 0 Å². The summed E-state index contributed by atoms with van der Waals surface area (Å²) in [7, 11) is 0. The van der Waals surface area contributed by atoms with E-state index in [0.29, 0.717) is 0 Å². The number of hydrazine groups is 1. The lowest BCUT2D eigenvalue weighted by molar-refractivity contribution is -0.120. The highest BCUT2D eigenvalue weighted by molar-refractivity contribution is 8.00. The van der Waals surface area contributed by atoms with E-state index in [9.17, 15) is 9.90 Å². The molecule has 2 aromatic carbocycles. The molecule has 2 aromatic rings. The minimum absolute atomic E-state index is 0.198. The molecule has 19 heavy (non-hydrogen) atoms. The molecule has 0 aliphatic rings. The molecule has 4 N–H and O–H groups in total. The Kier molecular flexibility index (Phi) is 4.43. The molecule has 0 fully saturated rings. The van der Waals surface area contributed by atoms with E-state index >= 15 is 0 Å². The first kappa shape index (κ1) is 13.5. The number of nitrogens with two attached hydrogens (primary N) is 1. The molecule has 0 saturated heterocycles. The van der Waals surface area contributed by atoms with Crippen LogP contribution >= 0.6 is 11.8 Å². The van der Waals surface area contributed by atoms with Crippen LogP contribution in [0.15, 0.2) is 59.5 Å². The van der Waals surface area contributed by atoms with Crippen LogP contribution in [0.4, 0.5) is 0 Å². The third-order valence-electron chi connectivity index (χ3n) is 2.57. The van der Waals surface area contributed by atoms with Crippen LogP contribution in [0.5, 0.6) is 5.75 Å². The molecule has 1 unspecified atom stereocenters. The second kappa shape index (κ2) is 6.26. The van der Waals surface area contributed by atoms with E-state index in [2.05, 4.69) is 5.43 Å². The van der Waals surface area contributed by atoms with Gasteiger partial charge >= 0.3 is 0 Å². The van der Waals surface area contributed by atoms with Gasteiger partial charge in [0, 0.05) is 4.90 Å². The number of carbonyl (C=O) groups is 1. The Balaban J connectivity index is 2.24. The summed E-state index contributed by atoms with van der Waals surface area (Å²) in [6.45, 7) is 0. The number of phenolic OH excluding ortho intramolecular Hbond substituents is 1. The Hall–Kier alpha value is -1.98. The summed E-state index contributed by atoms with van der Waals surface area (Å²) < 4.78 is 0. The molecule has 0 aliphatic carbocycles. The summed E-state index contributed by atoms with van der Waals surface area (Å²) in [5.74, 6) is 5.17. The van der Waals surface area contributed by atoms with Crippen LogP contribution in [-0.4, -0.2) is 11.0 Å². The molecule has 0 spiro atoms. The van der Waals surface area contributed by atoms with Crippen molar-refractivity contribution >= 4 is 17.7 Å². The zero-order valence-electron chi connectivity index (χ0n) is 10.1. The first-order valence-corrected chi connectivity index (χ1v) is 6.60. The van der Waals surface area contributed by atoms with Gasteiger partial charge in [0.1, 0.15) is 11.0 Å². The Bertz CT molecular complexity index is 543. The number of aromatic hydroxyl groups is 1. The van der Waals surface area contributed by atoms with Gasteiger partial charge in [-0.25, -0.2) is 5.84 Å². The normalized spacial score (nSPS) is 11.8. The van der Waals surface area contributed by atoms with Gasteiger partial charge in [0.15, 0.2) is 0 Å². The van der Waals surface area contributed by atoms with Crippen molar-refractivity contribution in [3.8, 4) is 5.75 Å². The Morgan fingerprint density at radius 3 is 2.32 bits per heavy atom. The summed E-state index contributed by atoms with van der Waals surface area (Å²) in [6.07, 6.45) is 0. The summed E-state index contributed by atoms with van der Waals surface area (Å²) in [5.41, 5.74) is 3.06. The van der Waals surface area contributed by atoms with E-state index in [1.807, 2.05) is 30.3 Å². The predicted octanol–water partition coefficient (Wildman–Crippen LogP) is 2.22. The molecule has 98 valence electrons. The van der Waals surface area contributed by atoms with E-state index in [1.54, 1.807) is 24.3 Å². The van der Waals surface area contributed by atoms with E-state index in [1.165, 1.54) is 11.8 Å². The minimum Gasteiger partial charge on any atom is -0.508 e. The zero-order chi connectivity index (χ0) is 13.7. The second-order valence-corrected chi connectivity index (χ2v) is 5.09. The van der Waals surface area contributed by atoms with Gasteiger partial charge in [0.25, 0.3) is 5.91 Å². The van der Waals surface area contributed by atoms with Gasteiger partial charge in [-0.05, 0) is 29.8 Å². The van der Waals surface area contributed by atoms with Crippen molar-refractivity contribution in [3.63, 3.8) is 0 Å². The smallest absolute Gasteiger partial charge is 0.251 e. The number of hydrogen-bond acceptors (Lipinski definition) is 4. The van der Waals surface area contributed by atoms with Crippen LogP contribution in [0, 0.1) is 0 Å². The van der Waals surface area contributed by atoms with Crippen molar-refractivity contribution in [1.29, 1.82) is 0 Å². The minimum atomic E-state index is -0.421. The number of amides is 1. The summed E-state index contributed by atoms with van der Waals surface area (Å²) in [5, 5.41) is 8.83. The third kappa shape index (κ3) is 3.49. The quantitative estimate of drug-likeness (QED) is 0.346. The molecule has 0 aromatic heterocycles. The van der Waals surface area contributed by atoms with E-state index in [4.69, 9.17) is 5.84 Å². The summed E-state index contributed by atoms with van der Waals surface area (Å²) in [4.78, 5) is 12.8. The Morgan fingerprint density at radius 2 is 1.74 bits per heavy atom. The number of benzene rings is 2. The van der Waals surface area contributed by atoms with E-state index in [-0.39, 0.29) is 11.7 Å². The molecule has 4 nitrogen and oxygen atoms in total. The first-order chi connectivity index (χ1) is 9.20. The lowest BCUT2D eigenvalue weighted by Gasteiger charge is -2.15. The lowest BCUT2D eigenvalue weighted by Crippen LogP contribution is -2.33. The topological polar surface area (TPSA) is 75.3 Å². The van der Waals surface area contributed by atoms with Gasteiger partial charge in [0.05, 0.1) is 0 Å². The maximum Gasteiger partial charge on any atom is 0.251 e. The molecule has 0 saturated carbocycles. The number of thioether (sulfide) groups is 1. The van der Waals surface area contributed by atoms with Crippen LogP contribution in [0.3, 0.4) is 0 Å². The molecule has 0 heterocycles. The highest BCUT2D eigenvalue weighted by Gasteiger charge is 2.20. The van der Waals surface area contributed by atoms with Gasteiger partial charge in [-0.15, -0.1) is 11.8 Å². The van der Waals surface area contributed by atoms with E-state index < -0.39 is 5.25 Å². The molecule has 0 radical (unpaired) electrons. The molecule has 5 heteroatoms. The van der Waals surface area contributed by atoms with Crippen LogP contribution in [-0.2, 0) is 4.79 Å². The van der Waals surface area contributed by atoms with Crippen molar-refractivity contribution in [2.45, 2.75) is 10.1 Å². The predicted molar refractivity (Wildman–Crippen MR) is 75.5 cm³/mol. The highest BCUT2D eigenvalue weighted by Crippen LogP contribution is 2.35. The molecule has 0 aliphatic heterocycles. The summed E-state index contributed by atoms with van der Waals surface area (Å²) >= 11 is 1.38. The third-order valence-corrected chi connectivity index (χ3v) is 3.84. The maximum atomic E-state index is 11.9. The number of phenols is 1. The fourth-order valence-electron chi connectivity index (χ4n) is 1.64. The van der Waals surface area contributed by atoms with Crippen molar-refractivity contribution in [2.75, 3.05) is 0 Å². The van der Waals surface area contributed by atoms with Crippen molar-refractivity contribution in [3.05, 3.63) is 60.2 Å².